The molecule has 0 radical (unpaired) electrons. The first-order valence-electron chi connectivity index (χ1n) is 5.77. The summed E-state index contributed by atoms with van der Waals surface area (Å²) >= 11 is 0. The summed E-state index contributed by atoms with van der Waals surface area (Å²) in [6.07, 6.45) is 3.98. The van der Waals surface area contributed by atoms with Gasteiger partial charge in [-0.25, -0.2) is 0 Å². The maximum absolute atomic E-state index is 11.9. The molecule has 1 aromatic rings. The minimum absolute atomic E-state index is 0.112. The van der Waals surface area contributed by atoms with E-state index in [1.165, 1.54) is 0 Å². The van der Waals surface area contributed by atoms with Crippen molar-refractivity contribution in [2.45, 2.75) is 26.7 Å². The Morgan fingerprint density at radius 3 is 2.71 bits per heavy atom. The Labute approximate surface area is 101 Å². The lowest BCUT2D eigenvalue weighted by atomic mass is 9.96. The fraction of sp³-hybridized carbons (Fsp3) is 0.462. The smallest absolute Gasteiger partial charge is 0.316 e. The van der Waals surface area contributed by atoms with Gasteiger partial charge in [-0.05, 0) is 25.0 Å². The molecule has 0 saturated carbocycles. The van der Waals surface area contributed by atoms with Crippen molar-refractivity contribution in [3.63, 3.8) is 0 Å². The topological polar surface area (TPSA) is 56.3 Å². The van der Waals surface area contributed by atoms with Gasteiger partial charge in [0, 0.05) is 18.8 Å². The van der Waals surface area contributed by atoms with Crippen LogP contribution in [0.25, 0.3) is 0 Å². The van der Waals surface area contributed by atoms with Crippen LogP contribution < -0.4 is 0 Å². The second kappa shape index (κ2) is 6.78. The number of aromatic nitrogens is 1. The van der Waals surface area contributed by atoms with Crippen molar-refractivity contribution in [2.75, 3.05) is 6.61 Å². The van der Waals surface area contributed by atoms with Crippen LogP contribution in [0.3, 0.4) is 0 Å². The van der Waals surface area contributed by atoms with Gasteiger partial charge in [0.1, 0.15) is 5.92 Å². The molecule has 1 atom stereocenters. The van der Waals surface area contributed by atoms with Crippen LogP contribution in [0.15, 0.2) is 24.5 Å². The lowest BCUT2D eigenvalue weighted by Crippen LogP contribution is -2.27. The van der Waals surface area contributed by atoms with Crippen molar-refractivity contribution >= 4 is 11.8 Å². The van der Waals surface area contributed by atoms with Gasteiger partial charge in [-0.1, -0.05) is 13.0 Å². The Morgan fingerprint density at radius 2 is 2.18 bits per heavy atom. The number of nitrogens with zero attached hydrogens (tertiary/aromatic N) is 1. The highest BCUT2D eigenvalue weighted by Gasteiger charge is 2.25. The van der Waals surface area contributed by atoms with E-state index < -0.39 is 11.9 Å². The van der Waals surface area contributed by atoms with Crippen LogP contribution in [0.2, 0.25) is 0 Å². The molecule has 4 heteroatoms. The maximum Gasteiger partial charge on any atom is 0.316 e. The standard InChI is InChI=1S/C13H17NO3/c1-3-11(13(16)17-4-2)12(15)8-10-6-5-7-14-9-10/h5-7,9,11H,3-4,8H2,1-2H3. The van der Waals surface area contributed by atoms with Gasteiger partial charge in [0.05, 0.1) is 6.61 Å². The van der Waals surface area contributed by atoms with E-state index >= 15 is 0 Å². The molecule has 1 rings (SSSR count). The van der Waals surface area contributed by atoms with E-state index in [4.69, 9.17) is 4.74 Å². The molecule has 0 aliphatic rings. The van der Waals surface area contributed by atoms with Gasteiger partial charge in [0.25, 0.3) is 0 Å². The normalized spacial score (nSPS) is 11.9. The van der Waals surface area contributed by atoms with Crippen LogP contribution in [0.5, 0.6) is 0 Å². The Morgan fingerprint density at radius 1 is 1.41 bits per heavy atom. The molecule has 1 heterocycles. The van der Waals surface area contributed by atoms with Crippen LogP contribution in [-0.2, 0) is 20.7 Å². The number of ketones is 1. The molecule has 92 valence electrons. The first-order valence-corrected chi connectivity index (χ1v) is 5.77. The minimum Gasteiger partial charge on any atom is -0.465 e. The quantitative estimate of drug-likeness (QED) is 0.557. The lowest BCUT2D eigenvalue weighted by Gasteiger charge is -2.12. The van der Waals surface area contributed by atoms with Gasteiger partial charge in [-0.2, -0.15) is 0 Å². The predicted molar refractivity (Wildman–Crippen MR) is 63.4 cm³/mol. The van der Waals surface area contributed by atoms with Gasteiger partial charge in [-0.3, -0.25) is 14.6 Å². The molecule has 0 amide bonds. The van der Waals surface area contributed by atoms with E-state index in [-0.39, 0.29) is 12.2 Å². The molecule has 0 aromatic carbocycles. The summed E-state index contributed by atoms with van der Waals surface area (Å²) in [5.41, 5.74) is 0.820. The van der Waals surface area contributed by atoms with Crippen LogP contribution in [-0.4, -0.2) is 23.3 Å². The highest BCUT2D eigenvalue weighted by molar-refractivity contribution is 5.99. The molecule has 0 aliphatic heterocycles. The average Bonchev–Trinajstić information content (AvgIpc) is 2.31. The first-order chi connectivity index (χ1) is 8.19. The fourth-order valence-corrected chi connectivity index (χ4v) is 1.60. The van der Waals surface area contributed by atoms with Crippen LogP contribution in [0.1, 0.15) is 25.8 Å². The Balaban J connectivity index is 2.64. The molecular weight excluding hydrogens is 218 g/mol. The number of Topliss-reactive ketones (excluding diaryl/α,β-unsaturated/α-hetero) is 1. The van der Waals surface area contributed by atoms with Gasteiger partial charge < -0.3 is 4.74 Å². The van der Waals surface area contributed by atoms with Gasteiger partial charge in [0.2, 0.25) is 0 Å². The lowest BCUT2D eigenvalue weighted by molar-refractivity contribution is -0.151. The van der Waals surface area contributed by atoms with E-state index in [9.17, 15) is 9.59 Å². The molecule has 0 bridgehead atoms. The number of carbonyl (C=O) groups excluding carboxylic acids is 2. The Kier molecular flexibility index (Phi) is 5.33. The second-order valence-electron chi connectivity index (χ2n) is 3.72. The van der Waals surface area contributed by atoms with Crippen molar-refractivity contribution in [2.24, 2.45) is 5.92 Å². The highest BCUT2D eigenvalue weighted by atomic mass is 16.5. The van der Waals surface area contributed by atoms with Crippen molar-refractivity contribution in [1.82, 2.24) is 4.98 Å². The summed E-state index contributed by atoms with van der Waals surface area (Å²) in [5.74, 6) is -1.20. The molecule has 0 N–H and O–H groups in total. The molecule has 17 heavy (non-hydrogen) atoms. The SMILES string of the molecule is CCOC(=O)C(CC)C(=O)Cc1cccnc1. The third kappa shape index (κ3) is 3.98. The molecule has 0 spiro atoms. The van der Waals surface area contributed by atoms with Crippen molar-refractivity contribution < 1.29 is 14.3 Å². The van der Waals surface area contributed by atoms with Crippen LogP contribution in [0, 0.1) is 5.92 Å². The number of ether oxygens (including phenoxy) is 1. The molecule has 1 unspecified atom stereocenters. The predicted octanol–water partition coefficient (Wildman–Crippen LogP) is 1.78. The largest absolute Gasteiger partial charge is 0.465 e. The zero-order valence-corrected chi connectivity index (χ0v) is 10.2. The number of esters is 1. The van der Waals surface area contributed by atoms with Crippen molar-refractivity contribution in [1.29, 1.82) is 0 Å². The molecule has 4 nitrogen and oxygen atoms in total. The monoisotopic (exact) mass is 235 g/mol. The summed E-state index contributed by atoms with van der Waals surface area (Å²) in [6, 6.07) is 3.59. The zero-order valence-electron chi connectivity index (χ0n) is 10.2. The van der Waals surface area contributed by atoms with Crippen molar-refractivity contribution in [3.8, 4) is 0 Å². The summed E-state index contributed by atoms with van der Waals surface area (Å²) in [6.45, 7) is 3.84. The third-order valence-corrected chi connectivity index (χ3v) is 2.47. The van der Waals surface area contributed by atoms with E-state index in [1.54, 1.807) is 25.4 Å². The number of pyridine rings is 1. The summed E-state index contributed by atoms with van der Waals surface area (Å²) in [7, 11) is 0. The molecule has 0 aliphatic carbocycles. The molecule has 0 fully saturated rings. The zero-order chi connectivity index (χ0) is 12.7. The number of hydrogen-bond acceptors (Lipinski definition) is 4. The Bertz CT molecular complexity index is 376. The van der Waals surface area contributed by atoms with Gasteiger partial charge >= 0.3 is 5.97 Å². The summed E-state index contributed by atoms with van der Waals surface area (Å²) < 4.78 is 4.88. The average molecular weight is 235 g/mol. The van der Waals surface area contributed by atoms with E-state index in [1.807, 2.05) is 13.0 Å². The van der Waals surface area contributed by atoms with Gasteiger partial charge in [0.15, 0.2) is 5.78 Å². The molecular formula is C13H17NO3. The van der Waals surface area contributed by atoms with Crippen molar-refractivity contribution in [3.05, 3.63) is 30.1 Å². The van der Waals surface area contributed by atoms with E-state index in [0.29, 0.717) is 13.0 Å². The number of carbonyl (C=O) groups is 2. The molecule has 1 aromatic heterocycles. The fourth-order valence-electron chi connectivity index (χ4n) is 1.60. The maximum atomic E-state index is 11.9. The van der Waals surface area contributed by atoms with E-state index in [0.717, 1.165) is 5.56 Å². The summed E-state index contributed by atoms with van der Waals surface area (Å²) in [5, 5.41) is 0. The van der Waals surface area contributed by atoms with Crippen LogP contribution in [0.4, 0.5) is 0 Å². The minimum atomic E-state index is -0.657. The first kappa shape index (κ1) is 13.4. The third-order valence-electron chi connectivity index (χ3n) is 2.47. The molecule has 0 saturated heterocycles. The number of hydrogen-bond donors (Lipinski definition) is 0. The highest BCUT2D eigenvalue weighted by Crippen LogP contribution is 2.11. The van der Waals surface area contributed by atoms with E-state index in [2.05, 4.69) is 4.98 Å². The summed E-state index contributed by atoms with van der Waals surface area (Å²) in [4.78, 5) is 27.4. The Hall–Kier alpha value is -1.71. The second-order valence-corrected chi connectivity index (χ2v) is 3.72. The number of rotatable bonds is 6. The van der Waals surface area contributed by atoms with Gasteiger partial charge in [-0.15, -0.1) is 0 Å². The van der Waals surface area contributed by atoms with Crippen LogP contribution >= 0.6 is 0 Å².